The molecular weight excluding hydrogens is 246 g/mol. The average Bonchev–Trinajstić information content (AvgIpc) is 2.38. The lowest BCUT2D eigenvalue weighted by Gasteiger charge is -2.11. The highest BCUT2D eigenvalue weighted by Gasteiger charge is 2.06. The van der Waals surface area contributed by atoms with Gasteiger partial charge in [0.1, 0.15) is 5.75 Å². The molecule has 1 unspecified atom stereocenters. The number of carbonyl (C=O) groups excluding carboxylic acids is 1. The van der Waals surface area contributed by atoms with Crippen LogP contribution in [0.25, 0.3) is 0 Å². The topological polar surface area (TPSA) is 38.3 Å². The van der Waals surface area contributed by atoms with Gasteiger partial charge in [-0.15, -0.1) is 11.8 Å². The van der Waals surface area contributed by atoms with E-state index in [2.05, 4.69) is 12.2 Å². The molecule has 0 aromatic heterocycles. The van der Waals surface area contributed by atoms with Gasteiger partial charge in [0.05, 0.1) is 12.4 Å². The molecule has 0 radical (unpaired) electrons. The van der Waals surface area contributed by atoms with Crippen LogP contribution in [0.15, 0.2) is 29.2 Å². The van der Waals surface area contributed by atoms with Crippen molar-refractivity contribution in [3.05, 3.63) is 24.3 Å². The summed E-state index contributed by atoms with van der Waals surface area (Å²) < 4.78 is 5.37. The van der Waals surface area contributed by atoms with E-state index in [4.69, 9.17) is 4.74 Å². The summed E-state index contributed by atoms with van der Waals surface area (Å²) in [5.74, 6) is 1.41. The first-order valence-electron chi connectivity index (χ1n) is 6.30. The normalized spacial score (nSPS) is 11.9. The number of amides is 1. The number of rotatable bonds is 7. The van der Waals surface area contributed by atoms with Crippen molar-refractivity contribution in [3.8, 4) is 5.75 Å². The second-order valence-electron chi connectivity index (χ2n) is 4.07. The molecule has 0 bridgehead atoms. The Balaban J connectivity index is 2.36. The molecule has 4 heteroatoms. The van der Waals surface area contributed by atoms with Crippen LogP contribution in [0.2, 0.25) is 0 Å². The van der Waals surface area contributed by atoms with Crippen LogP contribution in [-0.2, 0) is 4.79 Å². The lowest BCUT2D eigenvalue weighted by molar-refractivity contribution is -0.119. The molecule has 0 aliphatic carbocycles. The molecule has 1 N–H and O–H groups in total. The second kappa shape index (κ2) is 8.03. The first-order valence-corrected chi connectivity index (χ1v) is 7.29. The summed E-state index contributed by atoms with van der Waals surface area (Å²) in [4.78, 5) is 12.7. The van der Waals surface area contributed by atoms with Gasteiger partial charge < -0.3 is 10.1 Å². The quantitative estimate of drug-likeness (QED) is 0.772. The SMILES string of the molecule is CCOc1ccc(SCC(=O)NC(C)CC)cc1. The highest BCUT2D eigenvalue weighted by atomic mass is 32.2. The van der Waals surface area contributed by atoms with E-state index >= 15 is 0 Å². The maximum atomic E-state index is 11.6. The maximum absolute atomic E-state index is 11.6. The molecule has 1 rings (SSSR count). The summed E-state index contributed by atoms with van der Waals surface area (Å²) in [6, 6.07) is 8.06. The Bertz CT molecular complexity index is 365. The van der Waals surface area contributed by atoms with E-state index in [0.717, 1.165) is 17.1 Å². The third kappa shape index (κ3) is 5.45. The molecule has 3 nitrogen and oxygen atoms in total. The van der Waals surface area contributed by atoms with Crippen LogP contribution in [0, 0.1) is 0 Å². The zero-order valence-corrected chi connectivity index (χ0v) is 12.0. The predicted octanol–water partition coefficient (Wildman–Crippen LogP) is 3.09. The van der Waals surface area contributed by atoms with Crippen molar-refractivity contribution >= 4 is 17.7 Å². The summed E-state index contributed by atoms with van der Waals surface area (Å²) in [7, 11) is 0. The average molecular weight is 267 g/mol. The lowest BCUT2D eigenvalue weighted by atomic mass is 10.3. The summed E-state index contributed by atoms with van der Waals surface area (Å²) >= 11 is 1.54. The van der Waals surface area contributed by atoms with Gasteiger partial charge in [-0.25, -0.2) is 0 Å². The number of carbonyl (C=O) groups is 1. The molecular formula is C14H21NO2S. The van der Waals surface area contributed by atoms with E-state index in [1.807, 2.05) is 38.1 Å². The summed E-state index contributed by atoms with van der Waals surface area (Å²) in [6.45, 7) is 6.70. The van der Waals surface area contributed by atoms with Crippen molar-refractivity contribution in [2.45, 2.75) is 38.1 Å². The number of hydrogen-bond acceptors (Lipinski definition) is 3. The molecule has 18 heavy (non-hydrogen) atoms. The second-order valence-corrected chi connectivity index (χ2v) is 5.12. The van der Waals surface area contributed by atoms with Crippen LogP contribution < -0.4 is 10.1 Å². The van der Waals surface area contributed by atoms with Gasteiger partial charge in [0, 0.05) is 10.9 Å². The van der Waals surface area contributed by atoms with Gasteiger partial charge in [0.15, 0.2) is 0 Å². The first kappa shape index (κ1) is 14.9. The van der Waals surface area contributed by atoms with Crippen LogP contribution in [0.1, 0.15) is 27.2 Å². The van der Waals surface area contributed by atoms with Crippen LogP contribution >= 0.6 is 11.8 Å². The molecule has 0 saturated carbocycles. The number of hydrogen-bond donors (Lipinski definition) is 1. The van der Waals surface area contributed by atoms with Crippen molar-refractivity contribution in [2.75, 3.05) is 12.4 Å². The van der Waals surface area contributed by atoms with Gasteiger partial charge >= 0.3 is 0 Å². The van der Waals surface area contributed by atoms with Gasteiger partial charge in [0.25, 0.3) is 0 Å². The molecule has 0 aliphatic rings. The number of ether oxygens (including phenoxy) is 1. The molecule has 1 amide bonds. The Hall–Kier alpha value is -1.16. The molecule has 1 aromatic rings. The summed E-state index contributed by atoms with van der Waals surface area (Å²) in [6.07, 6.45) is 0.958. The van der Waals surface area contributed by atoms with Crippen molar-refractivity contribution in [3.63, 3.8) is 0 Å². The van der Waals surface area contributed by atoms with Gasteiger partial charge in [-0.05, 0) is 44.5 Å². The van der Waals surface area contributed by atoms with Gasteiger partial charge in [-0.3, -0.25) is 4.79 Å². The lowest BCUT2D eigenvalue weighted by Crippen LogP contribution is -2.33. The van der Waals surface area contributed by atoms with Gasteiger partial charge in [-0.2, -0.15) is 0 Å². The molecule has 100 valence electrons. The zero-order chi connectivity index (χ0) is 13.4. The van der Waals surface area contributed by atoms with Crippen LogP contribution in [0.5, 0.6) is 5.75 Å². The summed E-state index contributed by atoms with van der Waals surface area (Å²) in [5.41, 5.74) is 0. The van der Waals surface area contributed by atoms with E-state index in [1.54, 1.807) is 11.8 Å². The fourth-order valence-corrected chi connectivity index (χ4v) is 2.08. The first-order chi connectivity index (χ1) is 8.65. The largest absolute Gasteiger partial charge is 0.494 e. The summed E-state index contributed by atoms with van der Waals surface area (Å²) in [5, 5.41) is 2.95. The van der Waals surface area contributed by atoms with Crippen molar-refractivity contribution < 1.29 is 9.53 Å². The maximum Gasteiger partial charge on any atom is 0.230 e. The monoisotopic (exact) mass is 267 g/mol. The Labute approximate surface area is 113 Å². The molecule has 1 aromatic carbocycles. The third-order valence-corrected chi connectivity index (χ3v) is 3.54. The Morgan fingerprint density at radius 3 is 2.56 bits per heavy atom. The third-order valence-electron chi connectivity index (χ3n) is 2.52. The van der Waals surface area contributed by atoms with Crippen LogP contribution in [0.4, 0.5) is 0 Å². The van der Waals surface area contributed by atoms with Gasteiger partial charge in [-0.1, -0.05) is 6.92 Å². The van der Waals surface area contributed by atoms with Crippen molar-refractivity contribution in [1.82, 2.24) is 5.32 Å². The minimum Gasteiger partial charge on any atom is -0.494 e. The highest BCUT2D eigenvalue weighted by molar-refractivity contribution is 8.00. The smallest absolute Gasteiger partial charge is 0.230 e. The molecule has 1 atom stereocenters. The van der Waals surface area contributed by atoms with Crippen molar-refractivity contribution in [1.29, 1.82) is 0 Å². The van der Waals surface area contributed by atoms with E-state index in [-0.39, 0.29) is 11.9 Å². The molecule has 0 heterocycles. The Morgan fingerprint density at radius 1 is 1.33 bits per heavy atom. The number of benzene rings is 1. The number of thioether (sulfide) groups is 1. The number of nitrogens with one attached hydrogen (secondary N) is 1. The van der Waals surface area contributed by atoms with Crippen LogP contribution in [-0.4, -0.2) is 24.3 Å². The fraction of sp³-hybridized carbons (Fsp3) is 0.500. The zero-order valence-electron chi connectivity index (χ0n) is 11.2. The predicted molar refractivity (Wildman–Crippen MR) is 76.2 cm³/mol. The van der Waals surface area contributed by atoms with E-state index < -0.39 is 0 Å². The fourth-order valence-electron chi connectivity index (χ4n) is 1.37. The van der Waals surface area contributed by atoms with Gasteiger partial charge in [0.2, 0.25) is 5.91 Å². The van der Waals surface area contributed by atoms with E-state index in [9.17, 15) is 4.79 Å². The van der Waals surface area contributed by atoms with E-state index in [0.29, 0.717) is 12.4 Å². The standard InChI is InChI=1S/C14H21NO2S/c1-4-11(3)15-14(16)10-18-13-8-6-12(7-9-13)17-5-2/h6-9,11H,4-5,10H2,1-3H3,(H,15,16). The molecule has 0 aliphatic heterocycles. The Kier molecular flexibility index (Phi) is 6.65. The minimum atomic E-state index is 0.0863. The molecule has 0 saturated heterocycles. The molecule has 0 fully saturated rings. The minimum absolute atomic E-state index is 0.0863. The van der Waals surface area contributed by atoms with Crippen LogP contribution in [0.3, 0.4) is 0 Å². The molecule has 0 spiro atoms. The van der Waals surface area contributed by atoms with E-state index in [1.165, 1.54) is 0 Å². The highest BCUT2D eigenvalue weighted by Crippen LogP contribution is 2.21. The Morgan fingerprint density at radius 2 is 2.00 bits per heavy atom. The van der Waals surface area contributed by atoms with Crippen molar-refractivity contribution in [2.24, 2.45) is 0 Å².